The van der Waals surface area contributed by atoms with Gasteiger partial charge in [0.1, 0.15) is 42.3 Å². The number of rotatable bonds is 34. The molecule has 0 aliphatic rings. The number of aliphatic carboxylic acids is 3. The molecule has 8 atom stereocenters. The Kier molecular flexibility index (Phi) is 24.4. The molecule has 3 aromatic carbocycles. The number of primary amides is 1. The first-order valence-corrected chi connectivity index (χ1v) is 28.4. The van der Waals surface area contributed by atoms with Crippen molar-refractivity contribution in [3.05, 3.63) is 108 Å². The summed E-state index contributed by atoms with van der Waals surface area (Å²) in [7, 11) is 0. The quantitative estimate of drug-likeness (QED) is 0.0182. The van der Waals surface area contributed by atoms with Crippen molar-refractivity contribution in [3.63, 3.8) is 0 Å². The second-order valence-electron chi connectivity index (χ2n) is 20.2. The smallest absolute Gasteiger partial charge is 0.327 e. The van der Waals surface area contributed by atoms with E-state index in [2.05, 4.69) is 88.1 Å². The van der Waals surface area contributed by atoms with Gasteiger partial charge in [-0.2, -0.15) is 25.3 Å². The summed E-state index contributed by atoms with van der Waals surface area (Å²) < 4.78 is 0. The summed E-state index contributed by atoms with van der Waals surface area (Å²) in [4.78, 5) is 181. The molecule has 88 heavy (non-hydrogen) atoms. The van der Waals surface area contributed by atoms with Gasteiger partial charge in [0.25, 0.3) is 0 Å². The van der Waals surface area contributed by atoms with Crippen molar-refractivity contribution in [1.29, 1.82) is 0 Å². The van der Waals surface area contributed by atoms with Crippen LogP contribution in [0.15, 0.2) is 91.4 Å². The standard InChI is InChI=1S/C56H66N14O16S2/c57-33(25-87)49(78)67-39(16-28-21-60-35-11-5-2-8-31(28)35)53(82)66-37(13-14-47(74)75)52(81)69-41(18-44(58)71)55(84)68-40(17-29-22-61-36-12-6-3-9-32(29)36)54(83)70-42(19-48(76)77)51(80)63-23-45(72)64-38(15-27-20-59-34-10-4-1-7-30(27)34)50(79)62-24-46(73)65-43(26-88)56(85)86/h1-12,20-22,33,37-43,59-61,87-88H,13-19,23-26,57H2,(H2,58,71)(H,62,79)(H,63,80)(H,64,72)(H,65,73)(H,66,82)(H,67,78)(H,68,84)(H,69,81)(H,70,83)(H,74,75)(H,76,77)(H,85,86)/t33-,37-,38-,39-,40-,41-,42-,43-/m0/s1. The Bertz CT molecular complexity index is 3590. The van der Waals surface area contributed by atoms with E-state index in [4.69, 9.17) is 11.5 Å². The molecule has 0 bridgehead atoms. The number of amides is 10. The highest BCUT2D eigenvalue weighted by atomic mass is 32.1. The number of nitrogens with two attached hydrogens (primary N) is 2. The second kappa shape index (κ2) is 32.0. The Morgan fingerprint density at radius 1 is 0.432 bits per heavy atom. The summed E-state index contributed by atoms with van der Waals surface area (Å²) in [6.45, 7) is -1.64. The molecule has 3 aromatic heterocycles. The van der Waals surface area contributed by atoms with Crippen LogP contribution in [0.3, 0.4) is 0 Å². The first-order chi connectivity index (χ1) is 41.9. The van der Waals surface area contributed by atoms with Crippen LogP contribution in [0.4, 0.5) is 0 Å². The second-order valence-corrected chi connectivity index (χ2v) is 20.9. The Hall–Kier alpha value is -9.95. The molecule has 3 heterocycles. The number of thiol groups is 2. The molecule has 0 unspecified atom stereocenters. The van der Waals surface area contributed by atoms with Crippen LogP contribution >= 0.6 is 25.3 Å². The van der Waals surface area contributed by atoms with Gasteiger partial charge in [0.05, 0.1) is 32.0 Å². The fraction of sp³-hybridized carbons (Fsp3) is 0.339. The summed E-state index contributed by atoms with van der Waals surface area (Å²) in [5.74, 6) is -15.4. The monoisotopic (exact) mass is 1250 g/mol. The Morgan fingerprint density at radius 2 is 0.795 bits per heavy atom. The third-order valence-electron chi connectivity index (χ3n) is 13.7. The lowest BCUT2D eigenvalue weighted by Crippen LogP contribution is -2.60. The number of para-hydroxylation sites is 3. The molecule has 0 radical (unpaired) electrons. The molecule has 0 aliphatic carbocycles. The molecule has 0 saturated carbocycles. The average Bonchev–Trinajstić information content (AvgIpc) is 4.33. The van der Waals surface area contributed by atoms with Crippen LogP contribution in [0, 0.1) is 0 Å². The zero-order chi connectivity index (χ0) is 64.2. The summed E-state index contributed by atoms with van der Waals surface area (Å²) >= 11 is 7.97. The normalized spacial score (nSPS) is 13.9. The number of aromatic nitrogens is 3. The fourth-order valence-corrected chi connectivity index (χ4v) is 9.64. The molecule has 6 aromatic rings. The van der Waals surface area contributed by atoms with Crippen molar-refractivity contribution >= 4 is 135 Å². The molecular weight excluding hydrogens is 1190 g/mol. The zero-order valence-electron chi connectivity index (χ0n) is 46.8. The minimum Gasteiger partial charge on any atom is -0.481 e. The molecule has 0 aliphatic heterocycles. The average molecular weight is 1260 g/mol. The fourth-order valence-electron chi connectivity index (χ4n) is 9.23. The first-order valence-electron chi connectivity index (χ1n) is 27.2. The number of fused-ring (bicyclic) bond motifs is 3. The minimum absolute atomic E-state index is 0.117. The number of carboxylic acids is 3. The van der Waals surface area contributed by atoms with Crippen molar-refractivity contribution in [1.82, 2.24) is 62.8 Å². The number of carbonyl (C=O) groups is 13. The zero-order valence-corrected chi connectivity index (χ0v) is 48.5. The Morgan fingerprint density at radius 3 is 1.20 bits per heavy atom. The van der Waals surface area contributed by atoms with E-state index in [0.29, 0.717) is 49.4 Å². The van der Waals surface area contributed by atoms with Gasteiger partial charge in [-0.25, -0.2) is 4.79 Å². The maximum absolute atomic E-state index is 14.5. The Labute approximate surface area is 510 Å². The van der Waals surface area contributed by atoms with Crippen molar-refractivity contribution in [2.45, 2.75) is 93.3 Å². The molecule has 10 amide bonds. The van der Waals surface area contributed by atoms with E-state index in [1.165, 1.54) is 6.20 Å². The topological polar surface area (TPSA) is 490 Å². The lowest BCUT2D eigenvalue weighted by Gasteiger charge is -2.27. The van der Waals surface area contributed by atoms with Crippen molar-refractivity contribution < 1.29 is 77.6 Å². The number of carboxylic acid groups (broad SMARTS) is 3. The van der Waals surface area contributed by atoms with Crippen LogP contribution in [-0.2, 0) is 81.6 Å². The number of aromatic amines is 3. The van der Waals surface area contributed by atoms with E-state index in [-0.39, 0.29) is 24.3 Å². The van der Waals surface area contributed by atoms with Gasteiger partial charge in [-0.05, 0) is 41.3 Å². The largest absolute Gasteiger partial charge is 0.481 e. The van der Waals surface area contributed by atoms with Crippen LogP contribution in [0.2, 0.25) is 0 Å². The van der Waals surface area contributed by atoms with Gasteiger partial charge in [-0.1, -0.05) is 54.6 Å². The molecule has 0 spiro atoms. The molecule has 0 saturated heterocycles. The summed E-state index contributed by atoms with van der Waals surface area (Å²) in [6.07, 6.45) is 0.551. The van der Waals surface area contributed by atoms with Gasteiger partial charge in [-0.3, -0.25) is 57.5 Å². The van der Waals surface area contributed by atoms with Crippen molar-refractivity contribution in [2.24, 2.45) is 11.5 Å². The summed E-state index contributed by atoms with van der Waals surface area (Å²) in [5, 5.41) is 52.0. The van der Waals surface area contributed by atoms with Crippen LogP contribution in [-0.4, -0.2) is 180 Å². The van der Waals surface area contributed by atoms with Gasteiger partial charge in [-0.15, -0.1) is 0 Å². The Balaban J connectivity index is 1.20. The third-order valence-corrected chi connectivity index (χ3v) is 14.5. The van der Waals surface area contributed by atoms with Crippen LogP contribution in [0.1, 0.15) is 42.4 Å². The lowest BCUT2D eigenvalue weighted by molar-refractivity contribution is -0.141. The van der Waals surface area contributed by atoms with E-state index in [1.807, 2.05) is 0 Å². The highest BCUT2D eigenvalue weighted by Crippen LogP contribution is 2.22. The van der Waals surface area contributed by atoms with E-state index in [9.17, 15) is 77.6 Å². The number of hydrogen-bond donors (Lipinski definition) is 19. The summed E-state index contributed by atoms with van der Waals surface area (Å²) in [6, 6.07) is 7.86. The van der Waals surface area contributed by atoms with Crippen LogP contribution < -0.4 is 59.3 Å². The molecule has 19 N–H and O–H groups in total. The highest BCUT2D eigenvalue weighted by Gasteiger charge is 2.36. The highest BCUT2D eigenvalue weighted by molar-refractivity contribution is 7.80. The van der Waals surface area contributed by atoms with Crippen LogP contribution in [0.25, 0.3) is 32.7 Å². The maximum Gasteiger partial charge on any atom is 0.327 e. The predicted molar refractivity (Wildman–Crippen MR) is 322 cm³/mol. The van der Waals surface area contributed by atoms with Crippen LogP contribution in [0.5, 0.6) is 0 Å². The van der Waals surface area contributed by atoms with Gasteiger partial charge < -0.3 is 89.6 Å². The predicted octanol–water partition coefficient (Wildman–Crippen LogP) is -2.73. The third kappa shape index (κ3) is 19.3. The van der Waals surface area contributed by atoms with E-state index < -0.39 is 171 Å². The lowest BCUT2D eigenvalue weighted by atomic mass is 10.0. The summed E-state index contributed by atoms with van der Waals surface area (Å²) in [5.41, 5.74) is 14.9. The van der Waals surface area contributed by atoms with E-state index in [1.54, 1.807) is 85.2 Å². The molecule has 468 valence electrons. The number of hydrogen-bond acceptors (Lipinski definition) is 16. The van der Waals surface area contributed by atoms with Gasteiger partial charge in [0.15, 0.2) is 0 Å². The SMILES string of the molecule is NC(=O)C[C@H](NC(=O)[C@H](CCC(=O)O)NC(=O)[C@H](Cc1c[nH]c2ccccc12)NC(=O)[C@@H](N)CS)C(=O)N[C@@H](Cc1c[nH]c2ccccc12)C(=O)N[C@@H](CC(=O)O)C(=O)NCC(=O)N[C@@H](Cc1c[nH]c2ccccc12)C(=O)NCC(=O)N[C@@H](CS)C(=O)O. The van der Waals surface area contributed by atoms with Crippen molar-refractivity contribution in [3.8, 4) is 0 Å². The molecular formula is C56H66N14O16S2. The molecule has 30 nitrogen and oxygen atoms in total. The van der Waals surface area contributed by atoms with Gasteiger partial charge in [0.2, 0.25) is 59.1 Å². The molecule has 32 heteroatoms. The van der Waals surface area contributed by atoms with Gasteiger partial charge >= 0.3 is 17.9 Å². The number of benzene rings is 3. The number of nitrogens with one attached hydrogen (secondary N) is 12. The minimum atomic E-state index is -1.98. The molecule has 6 rings (SSSR count). The molecule has 0 fully saturated rings. The number of carbonyl (C=O) groups excluding carboxylic acids is 10. The number of H-pyrrole nitrogens is 3. The van der Waals surface area contributed by atoms with E-state index >= 15 is 0 Å². The maximum atomic E-state index is 14.5. The van der Waals surface area contributed by atoms with Crippen molar-refractivity contribution in [2.75, 3.05) is 24.6 Å². The first kappa shape index (κ1) is 67.2. The van der Waals surface area contributed by atoms with Gasteiger partial charge in [0, 0.05) is 88.5 Å². The van der Waals surface area contributed by atoms with E-state index in [0.717, 1.165) is 0 Å².